The third-order valence-electron chi connectivity index (χ3n) is 3.35. The molecule has 1 aliphatic rings. The van der Waals surface area contributed by atoms with E-state index in [0.29, 0.717) is 30.0 Å². The molecule has 1 amide bonds. The lowest BCUT2D eigenvalue weighted by atomic mass is 10.0. The molecule has 0 saturated carbocycles. The predicted molar refractivity (Wildman–Crippen MR) is 80.9 cm³/mol. The maximum absolute atomic E-state index is 12.4. The van der Waals surface area contributed by atoms with Gasteiger partial charge in [-0.05, 0) is 30.4 Å². The van der Waals surface area contributed by atoms with Gasteiger partial charge in [0.1, 0.15) is 0 Å². The largest absolute Gasteiger partial charge is 0.352 e. The van der Waals surface area contributed by atoms with Crippen molar-refractivity contribution in [1.29, 1.82) is 0 Å². The van der Waals surface area contributed by atoms with Gasteiger partial charge >= 0.3 is 0 Å². The van der Waals surface area contributed by atoms with Gasteiger partial charge in [0.05, 0.1) is 5.57 Å². The number of alkyl halides is 1. The second-order valence-electron chi connectivity index (χ2n) is 4.78. The number of halogens is 1. The topological polar surface area (TPSA) is 46.2 Å². The first-order chi connectivity index (χ1) is 9.70. The summed E-state index contributed by atoms with van der Waals surface area (Å²) in [4.78, 5) is 24.7. The fourth-order valence-corrected chi connectivity index (χ4v) is 2.55. The van der Waals surface area contributed by atoms with Gasteiger partial charge in [0, 0.05) is 18.0 Å². The molecule has 1 aromatic rings. The highest BCUT2D eigenvalue weighted by atomic mass is 35.5. The quantitative estimate of drug-likeness (QED) is 0.646. The van der Waals surface area contributed by atoms with Crippen LogP contribution in [0, 0.1) is 0 Å². The van der Waals surface area contributed by atoms with Crippen molar-refractivity contribution >= 4 is 28.9 Å². The molecule has 1 aromatic carbocycles. The molecule has 0 bridgehead atoms. The van der Waals surface area contributed by atoms with Gasteiger partial charge in [-0.1, -0.05) is 31.2 Å². The molecule has 20 heavy (non-hydrogen) atoms. The van der Waals surface area contributed by atoms with Crippen molar-refractivity contribution in [2.75, 3.05) is 12.4 Å². The number of hydrogen-bond donors (Lipinski definition) is 1. The molecule has 0 heterocycles. The zero-order chi connectivity index (χ0) is 14.5. The van der Waals surface area contributed by atoms with Crippen LogP contribution in [0.15, 0.2) is 29.8 Å². The average molecular weight is 292 g/mol. The average Bonchev–Trinajstić information content (AvgIpc) is 2.76. The summed E-state index contributed by atoms with van der Waals surface area (Å²) in [5.74, 6) is 0.0837. The number of amides is 1. The molecule has 0 radical (unpaired) electrons. The molecule has 0 saturated heterocycles. The number of ketones is 1. The highest BCUT2D eigenvalue weighted by Gasteiger charge is 2.32. The van der Waals surface area contributed by atoms with E-state index < -0.39 is 0 Å². The van der Waals surface area contributed by atoms with Crippen LogP contribution in [0.25, 0.3) is 5.57 Å². The Bertz CT molecular complexity index is 563. The minimum atomic E-state index is -0.266. The Morgan fingerprint density at radius 3 is 2.60 bits per heavy atom. The highest BCUT2D eigenvalue weighted by molar-refractivity contribution is 6.34. The molecule has 0 fully saturated rings. The van der Waals surface area contributed by atoms with E-state index in [4.69, 9.17) is 11.6 Å². The van der Waals surface area contributed by atoms with Crippen molar-refractivity contribution < 1.29 is 9.59 Å². The second kappa shape index (κ2) is 6.71. The zero-order valence-electron chi connectivity index (χ0n) is 11.5. The van der Waals surface area contributed by atoms with Crippen LogP contribution in [-0.4, -0.2) is 24.1 Å². The molecule has 0 spiro atoms. The molecular formula is C16H18ClNO2. The van der Waals surface area contributed by atoms with Crippen LogP contribution in [-0.2, 0) is 4.79 Å². The van der Waals surface area contributed by atoms with Crippen LogP contribution in [0.5, 0.6) is 0 Å². The Balaban J connectivity index is 2.38. The zero-order valence-corrected chi connectivity index (χ0v) is 12.3. The number of carbonyl (C=O) groups is 2. The first-order valence-corrected chi connectivity index (χ1v) is 7.45. The standard InChI is InChI=1S/C16H18ClNO2/c1-2-10-18-16(20)14-12(8-5-9-17)11-6-3-4-7-13(11)15(14)19/h3-4,6-7H,2,5,8-10H2,1H3,(H,18,20). The van der Waals surface area contributed by atoms with Crippen molar-refractivity contribution in [2.24, 2.45) is 0 Å². The molecule has 1 N–H and O–H groups in total. The predicted octanol–water partition coefficient (Wildman–Crippen LogP) is 3.18. The van der Waals surface area contributed by atoms with E-state index in [0.717, 1.165) is 24.0 Å². The number of hydrogen-bond acceptors (Lipinski definition) is 2. The van der Waals surface area contributed by atoms with E-state index in [1.54, 1.807) is 6.07 Å². The van der Waals surface area contributed by atoms with Crippen LogP contribution in [0.3, 0.4) is 0 Å². The maximum atomic E-state index is 12.4. The van der Waals surface area contributed by atoms with Gasteiger partial charge in [0.2, 0.25) is 0 Å². The van der Waals surface area contributed by atoms with Crippen molar-refractivity contribution in [3.63, 3.8) is 0 Å². The van der Waals surface area contributed by atoms with Gasteiger partial charge in [-0.25, -0.2) is 0 Å². The highest BCUT2D eigenvalue weighted by Crippen LogP contribution is 2.35. The van der Waals surface area contributed by atoms with Crippen LogP contribution >= 0.6 is 11.6 Å². The minimum absolute atomic E-state index is 0.168. The summed E-state index contributed by atoms with van der Waals surface area (Å²) in [7, 11) is 0. The van der Waals surface area contributed by atoms with E-state index in [2.05, 4.69) is 5.32 Å². The van der Waals surface area contributed by atoms with Gasteiger partial charge in [-0.3, -0.25) is 9.59 Å². The Hall–Kier alpha value is -1.61. The molecular weight excluding hydrogens is 274 g/mol. The van der Waals surface area contributed by atoms with E-state index >= 15 is 0 Å². The molecule has 4 heteroatoms. The van der Waals surface area contributed by atoms with Crippen molar-refractivity contribution in [1.82, 2.24) is 5.32 Å². The molecule has 0 atom stereocenters. The molecule has 0 aliphatic heterocycles. The Morgan fingerprint density at radius 1 is 1.25 bits per heavy atom. The monoisotopic (exact) mass is 291 g/mol. The number of fused-ring (bicyclic) bond motifs is 1. The van der Waals surface area contributed by atoms with E-state index in [9.17, 15) is 9.59 Å². The number of Topliss-reactive ketones (excluding diaryl/α,β-unsaturated/α-hetero) is 1. The van der Waals surface area contributed by atoms with Gasteiger partial charge in [0.25, 0.3) is 5.91 Å². The SMILES string of the molecule is CCCNC(=O)C1=C(CCCCl)c2ccccc2C1=O. The van der Waals surface area contributed by atoms with Crippen molar-refractivity contribution in [2.45, 2.75) is 26.2 Å². The number of rotatable bonds is 6. The fourth-order valence-electron chi connectivity index (χ4n) is 2.42. The number of allylic oxidation sites excluding steroid dienone is 1. The Morgan fingerprint density at radius 2 is 1.95 bits per heavy atom. The second-order valence-corrected chi connectivity index (χ2v) is 5.15. The molecule has 0 aromatic heterocycles. The summed E-state index contributed by atoms with van der Waals surface area (Å²) >= 11 is 5.75. The van der Waals surface area contributed by atoms with Crippen molar-refractivity contribution in [3.8, 4) is 0 Å². The number of carbonyl (C=O) groups excluding carboxylic acids is 2. The number of nitrogens with one attached hydrogen (secondary N) is 1. The lowest BCUT2D eigenvalue weighted by Crippen LogP contribution is -2.28. The summed E-state index contributed by atoms with van der Waals surface area (Å²) in [6, 6.07) is 7.39. The first kappa shape index (κ1) is 14.8. The smallest absolute Gasteiger partial charge is 0.255 e. The molecule has 106 valence electrons. The number of benzene rings is 1. The van der Waals surface area contributed by atoms with Crippen molar-refractivity contribution in [3.05, 3.63) is 41.0 Å². The van der Waals surface area contributed by atoms with E-state index in [1.807, 2.05) is 25.1 Å². The Labute approximate surface area is 124 Å². The molecule has 1 aliphatic carbocycles. The van der Waals surface area contributed by atoms with Crippen LogP contribution in [0.1, 0.15) is 42.1 Å². The lowest BCUT2D eigenvalue weighted by molar-refractivity contribution is -0.117. The van der Waals surface area contributed by atoms with Crippen LogP contribution in [0.2, 0.25) is 0 Å². The van der Waals surface area contributed by atoms with Gasteiger partial charge in [-0.2, -0.15) is 0 Å². The van der Waals surface area contributed by atoms with E-state index in [-0.39, 0.29) is 11.7 Å². The summed E-state index contributed by atoms with van der Waals surface area (Å²) in [6.45, 7) is 2.56. The normalized spacial score (nSPS) is 13.6. The summed E-state index contributed by atoms with van der Waals surface area (Å²) in [6.07, 6.45) is 2.25. The fraction of sp³-hybridized carbons (Fsp3) is 0.375. The summed E-state index contributed by atoms with van der Waals surface area (Å²) in [5.41, 5.74) is 2.63. The van der Waals surface area contributed by atoms with Crippen LogP contribution in [0.4, 0.5) is 0 Å². The Kier molecular flexibility index (Phi) is 4.96. The summed E-state index contributed by atoms with van der Waals surface area (Å²) in [5, 5.41) is 2.80. The third-order valence-corrected chi connectivity index (χ3v) is 3.62. The lowest BCUT2D eigenvalue weighted by Gasteiger charge is -2.07. The van der Waals surface area contributed by atoms with Gasteiger partial charge < -0.3 is 5.32 Å². The summed E-state index contributed by atoms with van der Waals surface area (Å²) < 4.78 is 0. The minimum Gasteiger partial charge on any atom is -0.352 e. The first-order valence-electron chi connectivity index (χ1n) is 6.92. The van der Waals surface area contributed by atoms with Gasteiger partial charge in [-0.15, -0.1) is 11.6 Å². The van der Waals surface area contributed by atoms with E-state index in [1.165, 1.54) is 0 Å². The molecule has 0 unspecified atom stereocenters. The molecule has 2 rings (SSSR count). The molecule has 3 nitrogen and oxygen atoms in total. The maximum Gasteiger partial charge on any atom is 0.255 e. The third kappa shape index (κ3) is 2.78. The van der Waals surface area contributed by atoms with Gasteiger partial charge in [0.15, 0.2) is 5.78 Å². The van der Waals surface area contributed by atoms with Crippen LogP contribution < -0.4 is 5.32 Å².